The molecule has 0 saturated heterocycles. The molecule has 0 radical (unpaired) electrons. The molecule has 0 fully saturated rings. The lowest BCUT2D eigenvalue weighted by Crippen LogP contribution is -2.24. The number of nitrogens with one attached hydrogen (secondary N) is 1. The molecule has 0 aliphatic heterocycles. The van der Waals surface area contributed by atoms with Gasteiger partial charge in [0.25, 0.3) is 0 Å². The van der Waals surface area contributed by atoms with Crippen LogP contribution in [0.2, 0.25) is 0 Å². The van der Waals surface area contributed by atoms with Gasteiger partial charge in [-0.1, -0.05) is 35.5 Å². The summed E-state index contributed by atoms with van der Waals surface area (Å²) in [5, 5.41) is 11.0. The fourth-order valence-electron chi connectivity index (χ4n) is 2.05. The Morgan fingerprint density at radius 1 is 1.10 bits per heavy atom. The van der Waals surface area contributed by atoms with Gasteiger partial charge in [0.2, 0.25) is 5.91 Å². The highest BCUT2D eigenvalue weighted by molar-refractivity contribution is 5.94. The van der Waals surface area contributed by atoms with Crippen LogP contribution in [-0.4, -0.2) is 20.9 Å². The SMILES string of the molecule is CC(C(=O)Nc1ccccc1)n1nnc2ccccc21. The van der Waals surface area contributed by atoms with E-state index in [1.807, 2.05) is 54.6 Å². The van der Waals surface area contributed by atoms with Crippen molar-refractivity contribution in [1.82, 2.24) is 15.0 Å². The molecule has 0 spiro atoms. The number of hydrogen-bond acceptors (Lipinski definition) is 3. The summed E-state index contributed by atoms with van der Waals surface area (Å²) in [5.74, 6) is -0.119. The summed E-state index contributed by atoms with van der Waals surface area (Å²) >= 11 is 0. The van der Waals surface area contributed by atoms with E-state index in [1.165, 1.54) is 0 Å². The first kappa shape index (κ1) is 12.3. The Morgan fingerprint density at radius 3 is 2.60 bits per heavy atom. The zero-order valence-corrected chi connectivity index (χ0v) is 11.0. The van der Waals surface area contributed by atoms with Gasteiger partial charge in [0.15, 0.2) is 0 Å². The second-order valence-electron chi connectivity index (χ2n) is 4.55. The van der Waals surface area contributed by atoms with Crippen LogP contribution in [0, 0.1) is 0 Å². The molecule has 0 bridgehead atoms. The van der Waals surface area contributed by atoms with Crippen LogP contribution in [0.5, 0.6) is 0 Å². The zero-order chi connectivity index (χ0) is 13.9. The molecule has 1 atom stereocenters. The molecule has 1 amide bonds. The van der Waals surface area contributed by atoms with Crippen LogP contribution >= 0.6 is 0 Å². The molecule has 2 aromatic carbocycles. The Bertz CT molecular complexity index is 736. The van der Waals surface area contributed by atoms with Gasteiger partial charge in [-0.25, -0.2) is 4.68 Å². The van der Waals surface area contributed by atoms with E-state index < -0.39 is 6.04 Å². The number of carbonyl (C=O) groups excluding carboxylic acids is 1. The van der Waals surface area contributed by atoms with E-state index in [1.54, 1.807) is 11.6 Å². The first-order chi connectivity index (χ1) is 9.75. The monoisotopic (exact) mass is 266 g/mol. The van der Waals surface area contributed by atoms with Crippen molar-refractivity contribution in [2.75, 3.05) is 5.32 Å². The van der Waals surface area contributed by atoms with E-state index in [0.29, 0.717) is 0 Å². The first-order valence-electron chi connectivity index (χ1n) is 6.41. The van der Waals surface area contributed by atoms with Crippen molar-refractivity contribution in [3.63, 3.8) is 0 Å². The molecule has 3 rings (SSSR count). The number of amides is 1. The van der Waals surface area contributed by atoms with Gasteiger partial charge in [0, 0.05) is 5.69 Å². The Kier molecular flexibility index (Phi) is 3.16. The van der Waals surface area contributed by atoms with Gasteiger partial charge in [-0.3, -0.25) is 4.79 Å². The van der Waals surface area contributed by atoms with Crippen molar-refractivity contribution in [2.45, 2.75) is 13.0 Å². The summed E-state index contributed by atoms with van der Waals surface area (Å²) in [6, 6.07) is 16.5. The molecule has 1 heterocycles. The van der Waals surface area contributed by atoms with E-state index >= 15 is 0 Å². The maximum Gasteiger partial charge on any atom is 0.249 e. The molecule has 1 N–H and O–H groups in total. The van der Waals surface area contributed by atoms with Gasteiger partial charge in [-0.05, 0) is 31.2 Å². The second kappa shape index (κ2) is 5.13. The fraction of sp³-hybridized carbons (Fsp3) is 0.133. The van der Waals surface area contributed by atoms with Crippen LogP contribution < -0.4 is 5.32 Å². The Morgan fingerprint density at radius 2 is 1.80 bits per heavy atom. The zero-order valence-electron chi connectivity index (χ0n) is 11.0. The molecular formula is C15H14N4O. The van der Waals surface area contributed by atoms with Crippen LogP contribution in [0.25, 0.3) is 11.0 Å². The molecule has 1 unspecified atom stereocenters. The van der Waals surface area contributed by atoms with E-state index in [2.05, 4.69) is 15.6 Å². The van der Waals surface area contributed by atoms with Crippen molar-refractivity contribution in [2.24, 2.45) is 0 Å². The van der Waals surface area contributed by atoms with Crippen LogP contribution in [0.15, 0.2) is 54.6 Å². The Balaban J connectivity index is 1.85. The molecule has 0 aliphatic rings. The van der Waals surface area contributed by atoms with Crippen LogP contribution in [0.3, 0.4) is 0 Å². The van der Waals surface area contributed by atoms with E-state index in [0.717, 1.165) is 16.7 Å². The maximum absolute atomic E-state index is 12.3. The maximum atomic E-state index is 12.3. The minimum absolute atomic E-state index is 0.119. The molecule has 1 aromatic heterocycles. The summed E-state index contributed by atoms with van der Waals surface area (Å²) < 4.78 is 1.63. The number of hydrogen-bond donors (Lipinski definition) is 1. The lowest BCUT2D eigenvalue weighted by Gasteiger charge is -2.12. The summed E-state index contributed by atoms with van der Waals surface area (Å²) in [5.41, 5.74) is 2.41. The van der Waals surface area contributed by atoms with Crippen LogP contribution in [0.4, 0.5) is 5.69 Å². The van der Waals surface area contributed by atoms with Gasteiger partial charge < -0.3 is 5.32 Å². The number of anilines is 1. The summed E-state index contributed by atoms with van der Waals surface area (Å²) in [6.07, 6.45) is 0. The van der Waals surface area contributed by atoms with Crippen molar-refractivity contribution < 1.29 is 4.79 Å². The van der Waals surface area contributed by atoms with Crippen molar-refractivity contribution in [1.29, 1.82) is 0 Å². The number of benzene rings is 2. The summed E-state index contributed by atoms with van der Waals surface area (Å²) in [7, 11) is 0. The molecule has 5 heteroatoms. The van der Waals surface area contributed by atoms with E-state index in [9.17, 15) is 4.79 Å². The quantitative estimate of drug-likeness (QED) is 0.792. The van der Waals surface area contributed by atoms with Gasteiger partial charge in [-0.2, -0.15) is 0 Å². The van der Waals surface area contributed by atoms with Crippen LogP contribution in [-0.2, 0) is 4.79 Å². The molecule has 0 aliphatic carbocycles. The molecule has 5 nitrogen and oxygen atoms in total. The number of carbonyl (C=O) groups is 1. The molecule has 0 saturated carbocycles. The number of rotatable bonds is 3. The predicted octanol–water partition coefficient (Wildman–Crippen LogP) is 2.63. The van der Waals surface area contributed by atoms with Gasteiger partial charge in [-0.15, -0.1) is 5.10 Å². The average Bonchev–Trinajstić information content (AvgIpc) is 2.91. The minimum Gasteiger partial charge on any atom is -0.324 e. The number of fused-ring (bicyclic) bond motifs is 1. The van der Waals surface area contributed by atoms with Gasteiger partial charge in [0.1, 0.15) is 11.6 Å². The highest BCUT2D eigenvalue weighted by Gasteiger charge is 2.18. The van der Waals surface area contributed by atoms with Gasteiger partial charge in [0.05, 0.1) is 5.52 Å². The average molecular weight is 266 g/mol. The van der Waals surface area contributed by atoms with Crippen molar-refractivity contribution in [3.8, 4) is 0 Å². The molecular weight excluding hydrogens is 252 g/mol. The van der Waals surface area contributed by atoms with E-state index in [-0.39, 0.29) is 5.91 Å². The predicted molar refractivity (Wildman–Crippen MR) is 77.3 cm³/mol. The lowest BCUT2D eigenvalue weighted by atomic mass is 10.2. The van der Waals surface area contributed by atoms with E-state index in [4.69, 9.17) is 0 Å². The molecule has 3 aromatic rings. The normalized spacial score (nSPS) is 12.2. The van der Waals surface area contributed by atoms with Crippen molar-refractivity contribution in [3.05, 3.63) is 54.6 Å². The smallest absolute Gasteiger partial charge is 0.249 e. The number of aromatic nitrogens is 3. The largest absolute Gasteiger partial charge is 0.324 e. The third-order valence-corrected chi connectivity index (χ3v) is 3.16. The highest BCUT2D eigenvalue weighted by Crippen LogP contribution is 2.17. The topological polar surface area (TPSA) is 59.8 Å². The standard InChI is InChI=1S/C15H14N4O/c1-11(15(20)16-12-7-3-2-4-8-12)19-14-10-6-5-9-13(14)17-18-19/h2-11H,1H3,(H,16,20). The fourth-order valence-corrected chi connectivity index (χ4v) is 2.05. The number of nitrogens with zero attached hydrogens (tertiary/aromatic N) is 3. The second-order valence-corrected chi connectivity index (χ2v) is 4.55. The molecule has 20 heavy (non-hydrogen) atoms. The first-order valence-corrected chi connectivity index (χ1v) is 6.41. The third-order valence-electron chi connectivity index (χ3n) is 3.16. The third kappa shape index (κ3) is 2.25. The number of para-hydroxylation sites is 2. The van der Waals surface area contributed by atoms with Crippen LogP contribution in [0.1, 0.15) is 13.0 Å². The highest BCUT2D eigenvalue weighted by atomic mass is 16.2. The Labute approximate surface area is 116 Å². The van der Waals surface area contributed by atoms with Crippen molar-refractivity contribution >= 4 is 22.6 Å². The molecule has 100 valence electrons. The van der Waals surface area contributed by atoms with Gasteiger partial charge >= 0.3 is 0 Å². The minimum atomic E-state index is -0.428. The summed E-state index contributed by atoms with van der Waals surface area (Å²) in [4.78, 5) is 12.3. The Hall–Kier alpha value is -2.69. The lowest BCUT2D eigenvalue weighted by molar-refractivity contribution is -0.119. The summed E-state index contributed by atoms with van der Waals surface area (Å²) in [6.45, 7) is 1.80.